The number of hydrogen-bond acceptors (Lipinski definition) is 1. The Bertz CT molecular complexity index is 123. The van der Waals surface area contributed by atoms with Crippen LogP contribution in [0, 0.1) is 5.41 Å². The molecule has 0 aliphatic heterocycles. The normalized spacial score (nSPS) is 12.4. The standard InChI is InChI=1S/C14H31N/c1-6-9-14(10-7-2,11-8-3)12-13-15(4)5/h6-13H2,1-5H3. The zero-order valence-corrected chi connectivity index (χ0v) is 11.6. The summed E-state index contributed by atoms with van der Waals surface area (Å²) in [5.74, 6) is 0. The molecule has 0 aliphatic rings. The third-order valence-electron chi connectivity index (χ3n) is 3.43. The summed E-state index contributed by atoms with van der Waals surface area (Å²) in [6, 6.07) is 0. The summed E-state index contributed by atoms with van der Waals surface area (Å²) < 4.78 is 0. The van der Waals surface area contributed by atoms with Crippen LogP contribution in [-0.4, -0.2) is 25.5 Å². The molecule has 1 nitrogen and oxygen atoms in total. The summed E-state index contributed by atoms with van der Waals surface area (Å²) >= 11 is 0. The lowest BCUT2D eigenvalue weighted by Crippen LogP contribution is -2.26. The second-order valence-electron chi connectivity index (χ2n) is 5.30. The molecule has 0 rings (SSSR count). The van der Waals surface area contributed by atoms with Gasteiger partial charge in [-0.25, -0.2) is 0 Å². The van der Waals surface area contributed by atoms with Crippen LogP contribution in [0.25, 0.3) is 0 Å². The molecule has 0 unspecified atom stereocenters. The van der Waals surface area contributed by atoms with Gasteiger partial charge in [-0.2, -0.15) is 0 Å². The third-order valence-corrected chi connectivity index (χ3v) is 3.43. The van der Waals surface area contributed by atoms with E-state index in [0.29, 0.717) is 5.41 Å². The highest BCUT2D eigenvalue weighted by Gasteiger charge is 2.26. The Hall–Kier alpha value is -0.0400. The fourth-order valence-corrected chi connectivity index (χ4v) is 2.80. The lowest BCUT2D eigenvalue weighted by atomic mass is 9.73. The lowest BCUT2D eigenvalue weighted by Gasteiger charge is -2.34. The Morgan fingerprint density at radius 1 is 0.733 bits per heavy atom. The highest BCUT2D eigenvalue weighted by molar-refractivity contribution is 4.79. The topological polar surface area (TPSA) is 3.24 Å². The van der Waals surface area contributed by atoms with E-state index in [2.05, 4.69) is 39.8 Å². The lowest BCUT2D eigenvalue weighted by molar-refractivity contribution is 0.171. The molecule has 0 aromatic heterocycles. The van der Waals surface area contributed by atoms with Gasteiger partial charge in [-0.15, -0.1) is 0 Å². The van der Waals surface area contributed by atoms with Crippen molar-refractivity contribution < 1.29 is 0 Å². The van der Waals surface area contributed by atoms with Crippen molar-refractivity contribution in [2.24, 2.45) is 5.41 Å². The van der Waals surface area contributed by atoms with E-state index in [9.17, 15) is 0 Å². The predicted molar refractivity (Wildman–Crippen MR) is 70.3 cm³/mol. The van der Waals surface area contributed by atoms with E-state index in [1.54, 1.807) is 0 Å². The molecule has 0 saturated heterocycles. The van der Waals surface area contributed by atoms with Crippen molar-refractivity contribution in [1.82, 2.24) is 4.90 Å². The maximum Gasteiger partial charge on any atom is -0.00195 e. The van der Waals surface area contributed by atoms with E-state index < -0.39 is 0 Å². The van der Waals surface area contributed by atoms with Gasteiger partial charge in [-0.3, -0.25) is 0 Å². The van der Waals surface area contributed by atoms with Crippen molar-refractivity contribution in [3.63, 3.8) is 0 Å². The molecule has 0 N–H and O–H groups in total. The Morgan fingerprint density at radius 3 is 1.40 bits per heavy atom. The van der Waals surface area contributed by atoms with Crippen LogP contribution >= 0.6 is 0 Å². The third kappa shape index (κ3) is 6.19. The van der Waals surface area contributed by atoms with E-state index in [-0.39, 0.29) is 0 Å². The molecule has 0 spiro atoms. The summed E-state index contributed by atoms with van der Waals surface area (Å²) in [5.41, 5.74) is 0.641. The molecule has 0 aromatic rings. The van der Waals surface area contributed by atoms with Crippen molar-refractivity contribution in [2.75, 3.05) is 20.6 Å². The largest absolute Gasteiger partial charge is 0.309 e. The summed E-state index contributed by atoms with van der Waals surface area (Å²) in [6.45, 7) is 8.24. The first kappa shape index (κ1) is 15.0. The first-order valence-corrected chi connectivity index (χ1v) is 6.75. The number of rotatable bonds is 9. The molecular formula is C14H31N. The van der Waals surface area contributed by atoms with Crippen LogP contribution < -0.4 is 0 Å². The Morgan fingerprint density at radius 2 is 1.13 bits per heavy atom. The summed E-state index contributed by atoms with van der Waals surface area (Å²) in [6.07, 6.45) is 9.66. The van der Waals surface area contributed by atoms with Gasteiger partial charge in [0, 0.05) is 0 Å². The molecule has 1 heteroatoms. The fraction of sp³-hybridized carbons (Fsp3) is 1.00. The van der Waals surface area contributed by atoms with Gasteiger partial charge in [0.15, 0.2) is 0 Å². The van der Waals surface area contributed by atoms with Crippen LogP contribution in [0.2, 0.25) is 0 Å². The van der Waals surface area contributed by atoms with Gasteiger partial charge in [0.05, 0.1) is 0 Å². The van der Waals surface area contributed by atoms with Crippen molar-refractivity contribution in [3.05, 3.63) is 0 Å². The molecule has 0 heterocycles. The van der Waals surface area contributed by atoms with Crippen molar-refractivity contribution in [2.45, 2.75) is 65.7 Å². The molecule has 0 atom stereocenters. The maximum absolute atomic E-state index is 2.33. The van der Waals surface area contributed by atoms with Crippen LogP contribution in [0.5, 0.6) is 0 Å². The van der Waals surface area contributed by atoms with Gasteiger partial charge in [-0.1, -0.05) is 40.0 Å². The summed E-state index contributed by atoms with van der Waals surface area (Å²) in [7, 11) is 4.38. The second kappa shape index (κ2) is 8.15. The molecule has 0 fully saturated rings. The minimum atomic E-state index is 0.641. The van der Waals surface area contributed by atoms with Crippen LogP contribution in [0.3, 0.4) is 0 Å². The molecule has 0 radical (unpaired) electrons. The number of nitrogens with zero attached hydrogens (tertiary/aromatic N) is 1. The van der Waals surface area contributed by atoms with E-state index in [4.69, 9.17) is 0 Å². The molecular weight excluding hydrogens is 182 g/mol. The van der Waals surface area contributed by atoms with E-state index >= 15 is 0 Å². The maximum atomic E-state index is 2.33. The quantitative estimate of drug-likeness (QED) is 0.551. The molecule has 0 bridgehead atoms. The SMILES string of the molecule is CCCC(CCC)(CCC)CCN(C)C. The van der Waals surface area contributed by atoms with Gasteiger partial charge in [0.25, 0.3) is 0 Å². The van der Waals surface area contributed by atoms with Gasteiger partial charge < -0.3 is 4.90 Å². The highest BCUT2D eigenvalue weighted by atomic mass is 15.0. The second-order valence-corrected chi connectivity index (χ2v) is 5.30. The van der Waals surface area contributed by atoms with E-state index in [0.717, 1.165) is 0 Å². The molecule has 0 saturated carbocycles. The van der Waals surface area contributed by atoms with Crippen LogP contribution in [0.4, 0.5) is 0 Å². The van der Waals surface area contributed by atoms with Gasteiger partial charge >= 0.3 is 0 Å². The van der Waals surface area contributed by atoms with Gasteiger partial charge in [-0.05, 0) is 51.7 Å². The molecule has 0 aromatic carbocycles. The zero-order valence-electron chi connectivity index (χ0n) is 11.6. The number of hydrogen-bond donors (Lipinski definition) is 0. The van der Waals surface area contributed by atoms with E-state index in [1.165, 1.54) is 51.5 Å². The Kier molecular flexibility index (Phi) is 8.13. The minimum absolute atomic E-state index is 0.641. The van der Waals surface area contributed by atoms with E-state index in [1.807, 2.05) is 0 Å². The molecule has 0 aliphatic carbocycles. The first-order chi connectivity index (χ1) is 7.10. The van der Waals surface area contributed by atoms with Crippen LogP contribution in [-0.2, 0) is 0 Å². The van der Waals surface area contributed by atoms with Crippen molar-refractivity contribution >= 4 is 0 Å². The summed E-state index contributed by atoms with van der Waals surface area (Å²) in [5, 5.41) is 0. The monoisotopic (exact) mass is 213 g/mol. The molecule has 92 valence electrons. The first-order valence-electron chi connectivity index (χ1n) is 6.75. The van der Waals surface area contributed by atoms with Gasteiger partial charge in [0.2, 0.25) is 0 Å². The minimum Gasteiger partial charge on any atom is -0.309 e. The summed E-state index contributed by atoms with van der Waals surface area (Å²) in [4.78, 5) is 2.33. The predicted octanol–water partition coefficient (Wildman–Crippen LogP) is 4.32. The molecule has 0 amide bonds. The Balaban J connectivity index is 4.31. The van der Waals surface area contributed by atoms with Crippen LogP contribution in [0.15, 0.2) is 0 Å². The molecule has 15 heavy (non-hydrogen) atoms. The van der Waals surface area contributed by atoms with Crippen LogP contribution in [0.1, 0.15) is 65.7 Å². The Labute approximate surface area is 97.2 Å². The highest BCUT2D eigenvalue weighted by Crippen LogP contribution is 2.38. The van der Waals surface area contributed by atoms with Crippen molar-refractivity contribution in [1.29, 1.82) is 0 Å². The fourth-order valence-electron chi connectivity index (χ4n) is 2.80. The average Bonchev–Trinajstić information content (AvgIpc) is 2.16. The smallest absolute Gasteiger partial charge is 0.00195 e. The zero-order chi connectivity index (χ0) is 11.7. The average molecular weight is 213 g/mol. The van der Waals surface area contributed by atoms with Gasteiger partial charge in [0.1, 0.15) is 0 Å². The van der Waals surface area contributed by atoms with Crippen molar-refractivity contribution in [3.8, 4) is 0 Å².